The first-order valence-electron chi connectivity index (χ1n) is 8.44. The van der Waals surface area contributed by atoms with E-state index in [1.807, 2.05) is 29.1 Å². The molecule has 2 aliphatic rings. The van der Waals surface area contributed by atoms with E-state index in [1.54, 1.807) is 28.1 Å². The average molecular weight is 334 g/mol. The third-order valence-corrected chi connectivity index (χ3v) is 4.28. The molecule has 3 aromatic rings. The van der Waals surface area contributed by atoms with E-state index in [0.717, 1.165) is 16.9 Å². The summed E-state index contributed by atoms with van der Waals surface area (Å²) in [6, 6.07) is 5.83. The lowest BCUT2D eigenvalue weighted by molar-refractivity contribution is -0.118. The van der Waals surface area contributed by atoms with Gasteiger partial charge in [0.2, 0.25) is 5.91 Å². The van der Waals surface area contributed by atoms with E-state index < -0.39 is 5.92 Å². The summed E-state index contributed by atoms with van der Waals surface area (Å²) in [7, 11) is 0. The van der Waals surface area contributed by atoms with Crippen molar-refractivity contribution in [2.75, 3.05) is 11.4 Å². The van der Waals surface area contributed by atoms with Gasteiger partial charge in [0.25, 0.3) is 0 Å². The quantitative estimate of drug-likeness (QED) is 0.721. The molecule has 7 nitrogen and oxygen atoms in total. The zero-order valence-corrected chi connectivity index (χ0v) is 13.7. The lowest BCUT2D eigenvalue weighted by atomic mass is 10.1. The second-order valence-electron chi connectivity index (χ2n) is 6.24. The highest BCUT2D eigenvalue weighted by atomic mass is 16.2. The van der Waals surface area contributed by atoms with Gasteiger partial charge in [-0.1, -0.05) is 19.3 Å². The van der Waals surface area contributed by atoms with Crippen molar-refractivity contribution in [3.05, 3.63) is 43.2 Å². The molecule has 1 aliphatic heterocycles. The van der Waals surface area contributed by atoms with Crippen molar-refractivity contribution in [3.8, 4) is 11.8 Å². The molecule has 2 fully saturated rings. The van der Waals surface area contributed by atoms with Crippen LogP contribution in [0.25, 0.3) is 11.2 Å². The third-order valence-electron chi connectivity index (χ3n) is 4.28. The predicted molar refractivity (Wildman–Crippen MR) is 92.2 cm³/mol. The van der Waals surface area contributed by atoms with Crippen molar-refractivity contribution in [2.24, 2.45) is 5.92 Å². The number of nitriles is 1. The first-order chi connectivity index (χ1) is 12.3. The number of amides is 1. The molecule has 126 valence electrons. The Morgan fingerprint density at radius 1 is 1.24 bits per heavy atom. The van der Waals surface area contributed by atoms with Crippen LogP contribution in [0.1, 0.15) is 25.7 Å². The molecular formula is C18H18N6O. The first kappa shape index (κ1) is 15.4. The van der Waals surface area contributed by atoms with E-state index in [1.165, 1.54) is 19.3 Å². The van der Waals surface area contributed by atoms with Gasteiger partial charge in [-0.05, 0) is 18.6 Å². The lowest BCUT2D eigenvalue weighted by Crippen LogP contribution is -2.27. The van der Waals surface area contributed by atoms with Gasteiger partial charge in [-0.2, -0.15) is 10.4 Å². The Kier molecular flexibility index (Phi) is 3.94. The normalized spacial score (nSPS) is 18.8. The number of nitrogens with zero attached hydrogens (tertiary/aromatic N) is 6. The molecular weight excluding hydrogens is 316 g/mol. The highest BCUT2D eigenvalue weighted by molar-refractivity contribution is 6.02. The molecule has 5 rings (SSSR count). The summed E-state index contributed by atoms with van der Waals surface area (Å²) in [6.45, 7) is 0.558. The van der Waals surface area contributed by atoms with E-state index in [4.69, 9.17) is 5.26 Å². The molecule has 0 N–H and O–H groups in total. The molecule has 0 spiro atoms. The molecule has 1 saturated heterocycles. The molecule has 1 atom stereocenters. The summed E-state index contributed by atoms with van der Waals surface area (Å²) in [4.78, 5) is 18.0. The number of imidazole rings is 1. The van der Waals surface area contributed by atoms with Crippen LogP contribution in [0.5, 0.6) is 0 Å². The maximum atomic E-state index is 12.3. The zero-order chi connectivity index (χ0) is 17.2. The van der Waals surface area contributed by atoms with Crippen LogP contribution < -0.4 is 4.90 Å². The predicted octanol–water partition coefficient (Wildman–Crippen LogP) is 2.57. The lowest BCUT2D eigenvalue weighted by Gasteiger charge is -2.16. The van der Waals surface area contributed by atoms with E-state index in [0.29, 0.717) is 13.0 Å². The molecule has 1 amide bonds. The minimum Gasteiger partial charge on any atom is -0.309 e. The zero-order valence-electron chi connectivity index (χ0n) is 13.7. The summed E-state index contributed by atoms with van der Waals surface area (Å²) in [5.74, 6) is -0.683. The standard InChI is InChI=1S/C15H12N6O.C3H6/c16-8-11-2-5-20(15(11)22)13-1-3-18-21-9-12(7-14(13)21)19-6-4-17-10-19;1-2-3-1/h1,3-4,6-7,9-11H,2,5H2;1-3H2. The fourth-order valence-corrected chi connectivity index (χ4v) is 2.81. The molecule has 1 aliphatic carbocycles. The number of carbonyl (C=O) groups is 1. The molecule has 0 radical (unpaired) electrons. The summed E-state index contributed by atoms with van der Waals surface area (Å²) < 4.78 is 3.61. The van der Waals surface area contributed by atoms with Gasteiger partial charge in [-0.25, -0.2) is 9.50 Å². The maximum absolute atomic E-state index is 12.3. The number of rotatable bonds is 2. The van der Waals surface area contributed by atoms with Crippen LogP contribution in [0.2, 0.25) is 0 Å². The second kappa shape index (κ2) is 6.40. The highest BCUT2D eigenvalue weighted by Crippen LogP contribution is 2.29. The van der Waals surface area contributed by atoms with Gasteiger partial charge < -0.3 is 9.47 Å². The topological polar surface area (TPSA) is 79.2 Å². The number of hydrogen-bond donors (Lipinski definition) is 0. The second-order valence-corrected chi connectivity index (χ2v) is 6.24. The monoisotopic (exact) mass is 334 g/mol. The van der Waals surface area contributed by atoms with Gasteiger partial charge in [0.15, 0.2) is 0 Å². The summed E-state index contributed by atoms with van der Waals surface area (Å²) in [5.41, 5.74) is 2.53. The Bertz CT molecular complexity index is 932. The molecule has 7 heteroatoms. The minimum atomic E-state index is -0.545. The fraction of sp³-hybridized carbons (Fsp3) is 0.333. The molecule has 0 bridgehead atoms. The smallest absolute Gasteiger partial charge is 0.244 e. The largest absolute Gasteiger partial charge is 0.309 e. The Balaban J connectivity index is 0.000000474. The average Bonchev–Trinajstić information content (AvgIpc) is 3.15. The van der Waals surface area contributed by atoms with E-state index in [2.05, 4.69) is 16.2 Å². The summed E-state index contributed by atoms with van der Waals surface area (Å²) in [5, 5.41) is 13.3. The summed E-state index contributed by atoms with van der Waals surface area (Å²) >= 11 is 0. The Morgan fingerprint density at radius 3 is 2.72 bits per heavy atom. The highest BCUT2D eigenvalue weighted by Gasteiger charge is 2.33. The van der Waals surface area contributed by atoms with Crippen molar-refractivity contribution in [1.29, 1.82) is 5.26 Å². The fourth-order valence-electron chi connectivity index (χ4n) is 2.81. The van der Waals surface area contributed by atoms with Gasteiger partial charge in [-0.3, -0.25) is 4.79 Å². The van der Waals surface area contributed by atoms with Gasteiger partial charge in [0.05, 0.1) is 35.5 Å². The van der Waals surface area contributed by atoms with E-state index in [9.17, 15) is 4.79 Å². The maximum Gasteiger partial charge on any atom is 0.244 e. The molecule has 1 unspecified atom stereocenters. The van der Waals surface area contributed by atoms with Crippen molar-refractivity contribution in [3.63, 3.8) is 0 Å². The van der Waals surface area contributed by atoms with Crippen LogP contribution in [0.4, 0.5) is 5.69 Å². The Morgan fingerprint density at radius 2 is 2.08 bits per heavy atom. The summed E-state index contributed by atoms with van der Waals surface area (Å²) in [6.07, 6.45) is 13.9. The van der Waals surface area contributed by atoms with Crippen molar-refractivity contribution in [2.45, 2.75) is 25.7 Å². The van der Waals surface area contributed by atoms with Crippen molar-refractivity contribution >= 4 is 17.1 Å². The van der Waals surface area contributed by atoms with Crippen LogP contribution in [0.15, 0.2) is 43.2 Å². The number of aromatic nitrogens is 4. The van der Waals surface area contributed by atoms with Crippen LogP contribution in [0.3, 0.4) is 0 Å². The van der Waals surface area contributed by atoms with Gasteiger partial charge in [0.1, 0.15) is 5.92 Å². The number of fused-ring (bicyclic) bond motifs is 1. The van der Waals surface area contributed by atoms with Crippen molar-refractivity contribution in [1.82, 2.24) is 19.2 Å². The molecule has 3 aromatic heterocycles. The van der Waals surface area contributed by atoms with Crippen molar-refractivity contribution < 1.29 is 4.79 Å². The molecule has 25 heavy (non-hydrogen) atoms. The van der Waals surface area contributed by atoms with Gasteiger partial charge in [0, 0.05) is 25.1 Å². The number of hydrogen-bond acceptors (Lipinski definition) is 4. The molecule has 1 saturated carbocycles. The van der Waals surface area contributed by atoms with E-state index >= 15 is 0 Å². The first-order valence-corrected chi connectivity index (χ1v) is 8.44. The van der Waals surface area contributed by atoms with Crippen LogP contribution in [-0.4, -0.2) is 31.6 Å². The number of anilines is 1. The van der Waals surface area contributed by atoms with E-state index in [-0.39, 0.29) is 5.91 Å². The number of carbonyl (C=O) groups excluding carboxylic acids is 1. The Labute approximate surface area is 145 Å². The van der Waals surface area contributed by atoms with Crippen LogP contribution >= 0.6 is 0 Å². The van der Waals surface area contributed by atoms with Gasteiger partial charge >= 0.3 is 0 Å². The Hall–Kier alpha value is -3.14. The molecule has 4 heterocycles. The SMILES string of the molecule is C1CC1.N#CC1CCN(c2ccnn3cc(-n4ccnc4)cc23)C1=O. The van der Waals surface area contributed by atoms with Crippen LogP contribution in [0, 0.1) is 17.2 Å². The van der Waals surface area contributed by atoms with Crippen LogP contribution in [-0.2, 0) is 4.79 Å². The molecule has 0 aromatic carbocycles. The van der Waals surface area contributed by atoms with Gasteiger partial charge in [-0.15, -0.1) is 0 Å². The third kappa shape index (κ3) is 2.98. The minimum absolute atomic E-state index is 0.138.